The van der Waals surface area contributed by atoms with Gasteiger partial charge in [0.15, 0.2) is 0 Å². The average molecular weight is 264 g/mol. The number of likely N-dealkylation sites (N-methyl/N-ethyl adjacent to an activating group) is 1. The van der Waals surface area contributed by atoms with Gasteiger partial charge >= 0.3 is 0 Å². The summed E-state index contributed by atoms with van der Waals surface area (Å²) in [4.78, 5) is 17.0. The highest BCUT2D eigenvalue weighted by Gasteiger charge is 2.44. The summed E-state index contributed by atoms with van der Waals surface area (Å²) in [6.45, 7) is 1.20. The van der Waals surface area contributed by atoms with E-state index >= 15 is 0 Å². The van der Waals surface area contributed by atoms with E-state index in [4.69, 9.17) is 0 Å². The zero-order valence-corrected chi connectivity index (χ0v) is 12.5. The predicted molar refractivity (Wildman–Crippen MR) is 77.3 cm³/mol. The van der Waals surface area contributed by atoms with E-state index in [-0.39, 0.29) is 0 Å². The summed E-state index contributed by atoms with van der Waals surface area (Å²) in [6, 6.07) is 1.11. The van der Waals surface area contributed by atoms with Crippen LogP contribution in [0, 0.1) is 0 Å². The molecular weight excluding hydrogens is 236 g/mol. The third-order valence-electron chi connectivity index (χ3n) is 5.90. The Hall–Kier alpha value is -0.410. The largest absolute Gasteiger partial charge is 0.302 e. The van der Waals surface area contributed by atoms with Gasteiger partial charge in [-0.05, 0) is 39.8 Å². The van der Waals surface area contributed by atoms with Crippen molar-refractivity contribution >= 4 is 5.78 Å². The number of rotatable bonds is 3. The number of piperidine rings is 2. The Balaban J connectivity index is 1.76. The summed E-state index contributed by atoms with van der Waals surface area (Å²) in [5, 5.41) is 0. The summed E-state index contributed by atoms with van der Waals surface area (Å²) in [6.07, 6.45) is 10.9. The molecule has 0 aromatic heterocycles. The van der Waals surface area contributed by atoms with Crippen LogP contribution in [-0.2, 0) is 4.79 Å². The molecule has 3 heteroatoms. The lowest BCUT2D eigenvalue weighted by Crippen LogP contribution is -2.60. The van der Waals surface area contributed by atoms with Crippen LogP contribution in [0.1, 0.15) is 57.8 Å². The van der Waals surface area contributed by atoms with Crippen molar-refractivity contribution in [1.82, 2.24) is 9.80 Å². The maximum atomic E-state index is 11.8. The van der Waals surface area contributed by atoms with Gasteiger partial charge in [0.2, 0.25) is 0 Å². The summed E-state index contributed by atoms with van der Waals surface area (Å²) in [5.74, 6) is 0.510. The monoisotopic (exact) mass is 264 g/mol. The molecule has 2 saturated heterocycles. The SMILES string of the molecule is CN(C)C1(CN2C3CCCC2CC(=O)C3)CCCC1. The van der Waals surface area contributed by atoms with Crippen LogP contribution in [0.4, 0.5) is 0 Å². The Bertz CT molecular complexity index is 331. The molecule has 0 amide bonds. The van der Waals surface area contributed by atoms with Crippen molar-refractivity contribution in [2.45, 2.75) is 75.4 Å². The standard InChI is InChI=1S/C16H28N2O/c1-17(2)16(8-3-4-9-16)12-18-13-6-5-7-14(18)11-15(19)10-13/h13-14H,3-12H2,1-2H3. The van der Waals surface area contributed by atoms with Crippen molar-refractivity contribution in [2.75, 3.05) is 20.6 Å². The zero-order chi connectivity index (χ0) is 13.5. The van der Waals surface area contributed by atoms with Gasteiger partial charge in [-0.3, -0.25) is 9.69 Å². The first-order valence-electron chi connectivity index (χ1n) is 8.06. The number of hydrogen-bond donors (Lipinski definition) is 0. The Morgan fingerprint density at radius 1 is 1.11 bits per heavy atom. The highest BCUT2D eigenvalue weighted by atomic mass is 16.1. The minimum atomic E-state index is 0.383. The molecule has 0 N–H and O–H groups in total. The van der Waals surface area contributed by atoms with E-state index in [9.17, 15) is 4.79 Å². The highest BCUT2D eigenvalue weighted by Crippen LogP contribution is 2.39. The quantitative estimate of drug-likeness (QED) is 0.782. The maximum Gasteiger partial charge on any atom is 0.136 e. The first-order valence-corrected chi connectivity index (χ1v) is 8.06. The fraction of sp³-hybridized carbons (Fsp3) is 0.938. The normalized spacial score (nSPS) is 35.0. The van der Waals surface area contributed by atoms with Crippen LogP contribution >= 0.6 is 0 Å². The van der Waals surface area contributed by atoms with Crippen LogP contribution < -0.4 is 0 Å². The summed E-state index contributed by atoms with van der Waals surface area (Å²) >= 11 is 0. The molecule has 0 spiro atoms. The number of fused-ring (bicyclic) bond motifs is 2. The second kappa shape index (κ2) is 5.17. The van der Waals surface area contributed by atoms with E-state index in [0.29, 0.717) is 23.4 Å². The van der Waals surface area contributed by atoms with Crippen LogP contribution in [0.15, 0.2) is 0 Å². The number of ketones is 1. The molecule has 0 aromatic carbocycles. The zero-order valence-electron chi connectivity index (χ0n) is 12.5. The first kappa shape index (κ1) is 13.6. The Morgan fingerprint density at radius 2 is 1.68 bits per heavy atom. The average Bonchev–Trinajstić information content (AvgIpc) is 2.80. The Kier molecular flexibility index (Phi) is 3.69. The van der Waals surface area contributed by atoms with Crippen molar-refractivity contribution in [3.63, 3.8) is 0 Å². The third kappa shape index (κ3) is 2.47. The van der Waals surface area contributed by atoms with E-state index in [0.717, 1.165) is 12.8 Å². The van der Waals surface area contributed by atoms with Crippen LogP contribution in [0.25, 0.3) is 0 Å². The van der Waals surface area contributed by atoms with Gasteiger partial charge in [-0.25, -0.2) is 0 Å². The number of carbonyl (C=O) groups excluding carboxylic acids is 1. The molecule has 2 unspecified atom stereocenters. The number of carbonyl (C=O) groups is 1. The van der Waals surface area contributed by atoms with Gasteiger partial charge in [-0.15, -0.1) is 0 Å². The fourth-order valence-corrected chi connectivity index (χ4v) is 4.64. The van der Waals surface area contributed by atoms with Crippen molar-refractivity contribution in [2.24, 2.45) is 0 Å². The fourth-order valence-electron chi connectivity index (χ4n) is 4.64. The molecule has 108 valence electrons. The van der Waals surface area contributed by atoms with Gasteiger partial charge in [0.05, 0.1) is 0 Å². The van der Waals surface area contributed by atoms with Gasteiger partial charge in [0.1, 0.15) is 5.78 Å². The third-order valence-corrected chi connectivity index (χ3v) is 5.90. The maximum absolute atomic E-state index is 11.8. The predicted octanol–water partition coefficient (Wildman–Crippen LogP) is 2.45. The van der Waals surface area contributed by atoms with Crippen molar-refractivity contribution in [3.05, 3.63) is 0 Å². The summed E-state index contributed by atoms with van der Waals surface area (Å²) in [7, 11) is 4.49. The minimum Gasteiger partial charge on any atom is -0.302 e. The van der Waals surface area contributed by atoms with Crippen LogP contribution in [0.5, 0.6) is 0 Å². The second-order valence-corrected chi connectivity index (χ2v) is 7.18. The Labute approximate surface area is 117 Å². The van der Waals surface area contributed by atoms with Crippen molar-refractivity contribution in [1.29, 1.82) is 0 Å². The summed E-state index contributed by atoms with van der Waals surface area (Å²) < 4.78 is 0. The molecule has 19 heavy (non-hydrogen) atoms. The number of nitrogens with zero attached hydrogens (tertiary/aromatic N) is 2. The molecule has 2 heterocycles. The van der Waals surface area contributed by atoms with E-state index in [1.165, 1.54) is 51.5 Å². The molecule has 0 radical (unpaired) electrons. The van der Waals surface area contributed by atoms with Gasteiger partial charge in [0, 0.05) is 37.0 Å². The lowest BCUT2D eigenvalue weighted by atomic mass is 9.81. The van der Waals surface area contributed by atoms with Gasteiger partial charge in [-0.1, -0.05) is 19.3 Å². The molecule has 2 atom stereocenters. The summed E-state index contributed by atoms with van der Waals surface area (Å²) in [5.41, 5.74) is 0.383. The molecule has 3 fully saturated rings. The van der Waals surface area contributed by atoms with Gasteiger partial charge in [-0.2, -0.15) is 0 Å². The smallest absolute Gasteiger partial charge is 0.136 e. The van der Waals surface area contributed by atoms with Gasteiger partial charge < -0.3 is 4.90 Å². The molecule has 3 aliphatic rings. The molecule has 3 nitrogen and oxygen atoms in total. The van der Waals surface area contributed by atoms with Crippen molar-refractivity contribution < 1.29 is 4.79 Å². The van der Waals surface area contributed by atoms with E-state index in [1.54, 1.807) is 0 Å². The first-order chi connectivity index (χ1) is 9.11. The van der Waals surface area contributed by atoms with Crippen LogP contribution in [-0.4, -0.2) is 53.8 Å². The Morgan fingerprint density at radius 3 is 2.21 bits per heavy atom. The van der Waals surface area contributed by atoms with Crippen LogP contribution in [0.2, 0.25) is 0 Å². The minimum absolute atomic E-state index is 0.383. The topological polar surface area (TPSA) is 23.6 Å². The molecule has 0 aromatic rings. The van der Waals surface area contributed by atoms with E-state index in [1.807, 2.05) is 0 Å². The molecule has 1 aliphatic carbocycles. The molecule has 2 aliphatic heterocycles. The molecule has 2 bridgehead atoms. The second-order valence-electron chi connectivity index (χ2n) is 7.18. The van der Waals surface area contributed by atoms with Gasteiger partial charge in [0.25, 0.3) is 0 Å². The number of Topliss-reactive ketones (excluding diaryl/α,β-unsaturated/α-hetero) is 1. The molecule has 1 saturated carbocycles. The highest BCUT2D eigenvalue weighted by molar-refractivity contribution is 5.80. The van der Waals surface area contributed by atoms with E-state index in [2.05, 4.69) is 23.9 Å². The molecule has 3 rings (SSSR count). The number of hydrogen-bond acceptors (Lipinski definition) is 3. The lowest BCUT2D eigenvalue weighted by Gasteiger charge is -2.50. The van der Waals surface area contributed by atoms with Crippen molar-refractivity contribution in [3.8, 4) is 0 Å². The van der Waals surface area contributed by atoms with E-state index < -0.39 is 0 Å². The molecular formula is C16H28N2O. The van der Waals surface area contributed by atoms with Crippen LogP contribution in [0.3, 0.4) is 0 Å². The lowest BCUT2D eigenvalue weighted by molar-refractivity contribution is -0.128.